The third-order valence-electron chi connectivity index (χ3n) is 6.67. The minimum atomic E-state index is -4.39. The molecule has 146 valence electrons. The maximum atomic E-state index is 12.7. The molecule has 0 atom stereocenters. The second-order valence-corrected chi connectivity index (χ2v) is 8.79. The Morgan fingerprint density at radius 1 is 1.11 bits per heavy atom. The second kappa shape index (κ2) is 6.99. The van der Waals surface area contributed by atoms with Gasteiger partial charge in [-0.25, -0.2) is 4.79 Å². The topological polar surface area (TPSA) is 26.3 Å². The van der Waals surface area contributed by atoms with Crippen molar-refractivity contribution in [1.29, 1.82) is 0 Å². The van der Waals surface area contributed by atoms with E-state index < -0.39 is 17.7 Å². The van der Waals surface area contributed by atoms with Gasteiger partial charge in [0.05, 0.1) is 12.2 Å². The second-order valence-electron chi connectivity index (χ2n) is 8.79. The third-order valence-corrected chi connectivity index (χ3v) is 6.67. The van der Waals surface area contributed by atoms with E-state index in [1.165, 1.54) is 62.8 Å². The van der Waals surface area contributed by atoms with Crippen molar-refractivity contribution in [3.63, 3.8) is 0 Å². The number of benzene rings is 1. The fourth-order valence-electron chi connectivity index (χ4n) is 6.00. The highest BCUT2D eigenvalue weighted by Crippen LogP contribution is 2.61. The molecule has 4 saturated carbocycles. The van der Waals surface area contributed by atoms with E-state index in [4.69, 9.17) is 4.74 Å². The molecule has 5 rings (SSSR count). The fourth-order valence-corrected chi connectivity index (χ4v) is 6.00. The van der Waals surface area contributed by atoms with Crippen LogP contribution in [0.2, 0.25) is 0 Å². The van der Waals surface area contributed by atoms with Crippen molar-refractivity contribution in [3.8, 4) is 0 Å². The molecule has 0 spiro atoms. The number of hydrogen-bond acceptors (Lipinski definition) is 2. The lowest BCUT2D eigenvalue weighted by Crippen LogP contribution is -2.46. The Kier molecular flexibility index (Phi) is 4.81. The van der Waals surface area contributed by atoms with Gasteiger partial charge in [-0.2, -0.15) is 13.2 Å². The lowest BCUT2D eigenvalue weighted by molar-refractivity contribution is -0.140. The molecule has 0 unspecified atom stereocenters. The summed E-state index contributed by atoms with van der Waals surface area (Å²) in [6.07, 6.45) is 7.11. The summed E-state index contributed by atoms with van der Waals surface area (Å²) in [5, 5.41) is 0. The summed E-state index contributed by atoms with van der Waals surface area (Å²) in [6, 6.07) is 4.91. The smallest absolute Gasteiger partial charge is 0.416 e. The van der Waals surface area contributed by atoms with Crippen LogP contribution in [0.3, 0.4) is 0 Å². The minimum absolute atomic E-state index is 0.336. The summed E-state index contributed by atoms with van der Waals surface area (Å²) in [4.78, 5) is 12.0. The van der Waals surface area contributed by atoms with Crippen LogP contribution < -0.4 is 0 Å². The number of hydrogen-bond donors (Lipinski definition) is 0. The van der Waals surface area contributed by atoms with E-state index in [9.17, 15) is 18.0 Å². The Hall–Kier alpha value is -1.78. The first-order valence-corrected chi connectivity index (χ1v) is 9.83. The molecular formula is C22H25F3O2. The standard InChI is InChI=1S/C22H25F3O2/c23-22(24,25)19-3-1-2-15(11-19)4-5-20(26)27-7-6-21-12-16-8-17(13-21)10-18(9-16)14-21/h1-5,11,16-18H,6-10,12-14H2/b5-4+. The van der Waals surface area contributed by atoms with Gasteiger partial charge in [0.2, 0.25) is 0 Å². The Morgan fingerprint density at radius 3 is 2.33 bits per heavy atom. The zero-order chi connectivity index (χ0) is 19.1. The van der Waals surface area contributed by atoms with Crippen molar-refractivity contribution in [2.24, 2.45) is 23.2 Å². The van der Waals surface area contributed by atoms with Gasteiger partial charge in [0.15, 0.2) is 0 Å². The highest BCUT2D eigenvalue weighted by Gasteiger charge is 2.50. The number of alkyl halides is 3. The zero-order valence-electron chi connectivity index (χ0n) is 15.3. The van der Waals surface area contributed by atoms with Crippen LogP contribution >= 0.6 is 0 Å². The van der Waals surface area contributed by atoms with E-state index in [0.717, 1.165) is 36.3 Å². The van der Waals surface area contributed by atoms with E-state index in [1.54, 1.807) is 0 Å². The van der Waals surface area contributed by atoms with Crippen LogP contribution in [0.1, 0.15) is 56.1 Å². The molecule has 0 radical (unpaired) electrons. The van der Waals surface area contributed by atoms with E-state index in [2.05, 4.69) is 0 Å². The molecule has 0 aliphatic heterocycles. The lowest BCUT2D eigenvalue weighted by Gasteiger charge is -2.57. The first-order chi connectivity index (χ1) is 12.8. The van der Waals surface area contributed by atoms with Crippen LogP contribution in [-0.4, -0.2) is 12.6 Å². The number of ether oxygens (including phenoxy) is 1. The first kappa shape index (κ1) is 18.6. The molecule has 4 aliphatic carbocycles. The number of rotatable bonds is 5. The van der Waals surface area contributed by atoms with Gasteiger partial charge in [0, 0.05) is 6.08 Å². The number of esters is 1. The van der Waals surface area contributed by atoms with E-state index >= 15 is 0 Å². The van der Waals surface area contributed by atoms with Gasteiger partial charge in [0.1, 0.15) is 0 Å². The molecule has 0 amide bonds. The summed E-state index contributed by atoms with van der Waals surface area (Å²) < 4.78 is 43.5. The van der Waals surface area contributed by atoms with Crippen molar-refractivity contribution in [3.05, 3.63) is 41.5 Å². The number of carbonyl (C=O) groups excluding carboxylic acids is 1. The maximum absolute atomic E-state index is 12.7. The van der Waals surface area contributed by atoms with Gasteiger partial charge >= 0.3 is 12.1 Å². The average Bonchev–Trinajstić information content (AvgIpc) is 2.58. The molecule has 1 aromatic carbocycles. The summed E-state index contributed by atoms with van der Waals surface area (Å²) in [5.41, 5.74) is -0.0255. The molecule has 0 heterocycles. The molecule has 0 N–H and O–H groups in total. The predicted octanol–water partition coefficient (Wildman–Crippen LogP) is 5.87. The van der Waals surface area contributed by atoms with Gasteiger partial charge in [-0.15, -0.1) is 0 Å². The number of halogens is 3. The Morgan fingerprint density at radius 2 is 1.74 bits per heavy atom. The molecule has 2 nitrogen and oxygen atoms in total. The molecule has 4 aliphatic rings. The third kappa shape index (κ3) is 4.22. The normalized spacial score (nSPS) is 32.2. The van der Waals surface area contributed by atoms with Crippen molar-refractivity contribution in [2.45, 2.75) is 51.1 Å². The van der Waals surface area contributed by atoms with Crippen LogP contribution in [0.15, 0.2) is 30.3 Å². The van der Waals surface area contributed by atoms with E-state index in [0.29, 0.717) is 17.6 Å². The van der Waals surface area contributed by atoms with Crippen molar-refractivity contribution < 1.29 is 22.7 Å². The van der Waals surface area contributed by atoms with Crippen LogP contribution in [0.4, 0.5) is 13.2 Å². The summed E-state index contributed by atoms with van der Waals surface area (Å²) in [7, 11) is 0. The molecule has 4 fully saturated rings. The van der Waals surface area contributed by atoms with Crippen LogP contribution in [-0.2, 0) is 15.7 Å². The zero-order valence-corrected chi connectivity index (χ0v) is 15.3. The molecule has 1 aromatic rings. The average molecular weight is 378 g/mol. The van der Waals surface area contributed by atoms with Crippen molar-refractivity contribution >= 4 is 12.0 Å². The predicted molar refractivity (Wildman–Crippen MR) is 96.7 cm³/mol. The summed E-state index contributed by atoms with van der Waals surface area (Å²) in [6.45, 7) is 0.401. The highest BCUT2D eigenvalue weighted by atomic mass is 19.4. The SMILES string of the molecule is O=C(/C=C/c1cccc(C(F)(F)F)c1)OCCC12CC3CC(CC(C3)C1)C2. The largest absolute Gasteiger partial charge is 0.463 e. The first-order valence-electron chi connectivity index (χ1n) is 9.83. The molecule has 5 heteroatoms. The van der Waals surface area contributed by atoms with Gasteiger partial charge < -0.3 is 4.74 Å². The van der Waals surface area contributed by atoms with Crippen molar-refractivity contribution in [2.75, 3.05) is 6.61 Å². The highest BCUT2D eigenvalue weighted by molar-refractivity contribution is 5.87. The molecule has 4 bridgehead atoms. The lowest BCUT2D eigenvalue weighted by atomic mass is 9.49. The van der Waals surface area contributed by atoms with Gasteiger partial charge in [0.25, 0.3) is 0 Å². The van der Waals surface area contributed by atoms with E-state index in [-0.39, 0.29) is 0 Å². The summed E-state index contributed by atoms with van der Waals surface area (Å²) in [5.74, 6) is 2.12. The monoisotopic (exact) mass is 378 g/mol. The summed E-state index contributed by atoms with van der Waals surface area (Å²) >= 11 is 0. The minimum Gasteiger partial charge on any atom is -0.463 e. The Labute approximate surface area is 157 Å². The molecule has 0 saturated heterocycles. The van der Waals surface area contributed by atoms with Gasteiger partial charge in [-0.05, 0) is 91.9 Å². The number of carbonyl (C=O) groups is 1. The Bertz CT molecular complexity index is 700. The van der Waals surface area contributed by atoms with E-state index in [1.807, 2.05) is 0 Å². The van der Waals surface area contributed by atoms with Crippen molar-refractivity contribution in [1.82, 2.24) is 0 Å². The van der Waals surface area contributed by atoms with Crippen LogP contribution in [0.5, 0.6) is 0 Å². The van der Waals surface area contributed by atoms with Crippen LogP contribution in [0, 0.1) is 23.2 Å². The van der Waals surface area contributed by atoms with Gasteiger partial charge in [-0.1, -0.05) is 12.1 Å². The molecule has 27 heavy (non-hydrogen) atoms. The Balaban J connectivity index is 1.28. The molecular weight excluding hydrogens is 353 g/mol. The molecule has 0 aromatic heterocycles. The van der Waals surface area contributed by atoms with Gasteiger partial charge in [-0.3, -0.25) is 0 Å². The van der Waals surface area contributed by atoms with Crippen LogP contribution in [0.25, 0.3) is 6.08 Å². The maximum Gasteiger partial charge on any atom is 0.416 e. The quantitative estimate of drug-likeness (QED) is 0.473. The fraction of sp³-hybridized carbons (Fsp3) is 0.591.